The zero-order chi connectivity index (χ0) is 20.1. The van der Waals surface area contributed by atoms with Crippen LogP contribution in [0.4, 0.5) is 5.69 Å². The van der Waals surface area contributed by atoms with E-state index in [1.54, 1.807) is 42.7 Å². The number of carbonyl (C=O) groups excluding carboxylic acids is 1. The molecule has 0 aliphatic rings. The van der Waals surface area contributed by atoms with Crippen molar-refractivity contribution in [3.05, 3.63) is 83.0 Å². The monoisotopic (exact) mass is 405 g/mol. The van der Waals surface area contributed by atoms with Crippen molar-refractivity contribution < 1.29 is 14.3 Å². The highest BCUT2D eigenvalue weighted by Gasteiger charge is 2.09. The minimum Gasteiger partial charge on any atom is -0.493 e. The van der Waals surface area contributed by atoms with E-state index in [4.69, 9.17) is 9.47 Å². The Morgan fingerprint density at radius 3 is 2.93 bits per heavy atom. The van der Waals surface area contributed by atoms with Crippen LogP contribution in [-0.2, 0) is 11.4 Å². The Morgan fingerprint density at radius 1 is 1.21 bits per heavy atom. The van der Waals surface area contributed by atoms with E-state index in [1.165, 1.54) is 6.08 Å². The lowest BCUT2D eigenvalue weighted by molar-refractivity contribution is -0.111. The molecule has 0 aliphatic heterocycles. The molecule has 4 rings (SSSR count). The Kier molecular flexibility index (Phi) is 5.58. The van der Waals surface area contributed by atoms with E-state index in [9.17, 15) is 4.79 Å². The Morgan fingerprint density at radius 2 is 2.14 bits per heavy atom. The van der Waals surface area contributed by atoms with Gasteiger partial charge in [0.05, 0.1) is 12.8 Å². The van der Waals surface area contributed by atoms with Gasteiger partial charge < -0.3 is 19.2 Å². The molecule has 6 nitrogen and oxygen atoms in total. The van der Waals surface area contributed by atoms with Crippen LogP contribution in [0.2, 0.25) is 0 Å². The molecule has 3 aromatic heterocycles. The predicted octanol–water partition coefficient (Wildman–Crippen LogP) is 4.64. The van der Waals surface area contributed by atoms with Gasteiger partial charge in [0.2, 0.25) is 5.91 Å². The first-order chi connectivity index (χ1) is 14.2. The van der Waals surface area contributed by atoms with Gasteiger partial charge in [-0.2, -0.15) is 0 Å². The minimum atomic E-state index is -0.213. The molecule has 0 unspecified atom stereocenters. The number of rotatable bonds is 7. The lowest BCUT2D eigenvalue weighted by atomic mass is 10.2. The maximum absolute atomic E-state index is 12.2. The van der Waals surface area contributed by atoms with Crippen LogP contribution in [0.1, 0.15) is 10.6 Å². The lowest BCUT2D eigenvalue weighted by Gasteiger charge is -2.12. The van der Waals surface area contributed by atoms with E-state index in [2.05, 4.69) is 10.3 Å². The quantitative estimate of drug-likeness (QED) is 0.455. The van der Waals surface area contributed by atoms with Crippen molar-refractivity contribution in [1.82, 2.24) is 9.38 Å². The Labute approximate surface area is 172 Å². The van der Waals surface area contributed by atoms with Gasteiger partial charge >= 0.3 is 0 Å². The third-order valence-corrected chi connectivity index (χ3v) is 5.00. The molecule has 0 atom stereocenters. The standard InChI is InChI=1S/C22H19N3O3S/c1-27-19-9-7-16(24-22(26)10-8-18-5-4-12-29-18)13-20(19)28-15-17-14-25-11-3-2-6-21(25)23-17/h2-14H,15H2,1H3,(H,24,26)/b10-8+. The average molecular weight is 405 g/mol. The highest BCUT2D eigenvalue weighted by molar-refractivity contribution is 7.10. The second-order valence-corrected chi connectivity index (χ2v) is 7.17. The van der Waals surface area contributed by atoms with Crippen LogP contribution in [-0.4, -0.2) is 22.4 Å². The van der Waals surface area contributed by atoms with Crippen molar-refractivity contribution in [2.24, 2.45) is 0 Å². The molecule has 0 saturated carbocycles. The number of pyridine rings is 1. The molecule has 0 radical (unpaired) electrons. The third-order valence-electron chi connectivity index (χ3n) is 4.16. The number of thiophene rings is 1. The number of ether oxygens (including phenoxy) is 2. The van der Waals surface area contributed by atoms with Crippen LogP contribution in [0.3, 0.4) is 0 Å². The molecule has 4 aromatic rings. The molecule has 0 spiro atoms. The second kappa shape index (κ2) is 8.62. The summed E-state index contributed by atoms with van der Waals surface area (Å²) in [5.41, 5.74) is 2.28. The summed E-state index contributed by atoms with van der Waals surface area (Å²) in [6.07, 6.45) is 7.15. The Hall–Kier alpha value is -3.58. The van der Waals surface area contributed by atoms with Crippen molar-refractivity contribution in [3.63, 3.8) is 0 Å². The van der Waals surface area contributed by atoms with Gasteiger partial charge in [0.25, 0.3) is 0 Å². The zero-order valence-corrected chi connectivity index (χ0v) is 16.6. The van der Waals surface area contributed by atoms with Crippen LogP contribution in [0.5, 0.6) is 11.5 Å². The van der Waals surface area contributed by atoms with E-state index in [0.717, 1.165) is 16.2 Å². The number of carbonyl (C=O) groups is 1. The summed E-state index contributed by atoms with van der Waals surface area (Å²) >= 11 is 1.57. The minimum absolute atomic E-state index is 0.213. The van der Waals surface area contributed by atoms with Crippen molar-refractivity contribution in [3.8, 4) is 11.5 Å². The fourth-order valence-corrected chi connectivity index (χ4v) is 3.42. The summed E-state index contributed by atoms with van der Waals surface area (Å²) in [7, 11) is 1.58. The molecule has 146 valence electrons. The number of amides is 1. The normalized spacial score (nSPS) is 11.1. The maximum Gasteiger partial charge on any atom is 0.248 e. The number of hydrogen-bond donors (Lipinski definition) is 1. The van der Waals surface area contributed by atoms with E-state index in [0.29, 0.717) is 17.2 Å². The number of aromatic nitrogens is 2. The van der Waals surface area contributed by atoms with E-state index < -0.39 is 0 Å². The number of benzene rings is 1. The molecule has 1 N–H and O–H groups in total. The molecule has 3 heterocycles. The molecule has 0 saturated heterocycles. The summed E-state index contributed by atoms with van der Waals surface area (Å²) in [4.78, 5) is 17.7. The van der Waals surface area contributed by atoms with Crippen LogP contribution >= 0.6 is 11.3 Å². The molecule has 1 amide bonds. The number of nitrogens with one attached hydrogen (secondary N) is 1. The fourth-order valence-electron chi connectivity index (χ4n) is 2.80. The topological polar surface area (TPSA) is 64.9 Å². The highest BCUT2D eigenvalue weighted by Crippen LogP contribution is 2.31. The van der Waals surface area contributed by atoms with Crippen LogP contribution in [0.15, 0.2) is 72.4 Å². The third kappa shape index (κ3) is 4.64. The maximum atomic E-state index is 12.2. The van der Waals surface area contributed by atoms with Gasteiger partial charge in [-0.15, -0.1) is 11.3 Å². The summed E-state index contributed by atoms with van der Waals surface area (Å²) in [5, 5.41) is 4.81. The molecule has 0 aliphatic carbocycles. The molecule has 0 fully saturated rings. The van der Waals surface area contributed by atoms with Crippen molar-refractivity contribution in [1.29, 1.82) is 0 Å². The van der Waals surface area contributed by atoms with Crippen LogP contribution in [0.25, 0.3) is 11.7 Å². The predicted molar refractivity (Wildman–Crippen MR) is 115 cm³/mol. The first kappa shape index (κ1) is 18.8. The van der Waals surface area contributed by atoms with E-state index in [-0.39, 0.29) is 12.5 Å². The molecular formula is C22H19N3O3S. The first-order valence-corrected chi connectivity index (χ1v) is 9.85. The van der Waals surface area contributed by atoms with Crippen molar-refractivity contribution >= 4 is 34.7 Å². The van der Waals surface area contributed by atoms with Crippen LogP contribution in [0, 0.1) is 0 Å². The van der Waals surface area contributed by atoms with Gasteiger partial charge in [-0.25, -0.2) is 4.98 Å². The summed E-state index contributed by atoms with van der Waals surface area (Å²) in [6.45, 7) is 0.285. The number of anilines is 1. The number of methoxy groups -OCH3 is 1. The van der Waals surface area contributed by atoms with E-state index >= 15 is 0 Å². The number of fused-ring (bicyclic) bond motifs is 1. The van der Waals surface area contributed by atoms with Gasteiger partial charge in [0.1, 0.15) is 12.3 Å². The molecule has 0 bridgehead atoms. The molecular weight excluding hydrogens is 386 g/mol. The summed E-state index contributed by atoms with van der Waals surface area (Å²) in [5.74, 6) is 0.903. The van der Waals surface area contributed by atoms with Crippen LogP contribution < -0.4 is 14.8 Å². The largest absolute Gasteiger partial charge is 0.493 e. The Balaban J connectivity index is 1.45. The number of nitrogens with zero attached hydrogens (tertiary/aromatic N) is 2. The highest BCUT2D eigenvalue weighted by atomic mass is 32.1. The van der Waals surface area contributed by atoms with Gasteiger partial charge in [-0.05, 0) is 41.8 Å². The number of imidazole rings is 1. The number of hydrogen-bond acceptors (Lipinski definition) is 5. The lowest BCUT2D eigenvalue weighted by Crippen LogP contribution is -2.08. The summed E-state index contributed by atoms with van der Waals surface area (Å²) in [6, 6.07) is 15.0. The molecule has 7 heteroatoms. The van der Waals surface area contributed by atoms with Gasteiger partial charge in [0.15, 0.2) is 11.5 Å². The Bertz CT molecular complexity index is 1120. The van der Waals surface area contributed by atoms with Gasteiger partial charge in [0, 0.05) is 35.1 Å². The second-order valence-electron chi connectivity index (χ2n) is 6.19. The molecule has 29 heavy (non-hydrogen) atoms. The smallest absolute Gasteiger partial charge is 0.248 e. The average Bonchev–Trinajstić information content (AvgIpc) is 3.40. The van der Waals surface area contributed by atoms with Crippen molar-refractivity contribution in [2.45, 2.75) is 6.61 Å². The molecule has 1 aromatic carbocycles. The van der Waals surface area contributed by atoms with Crippen molar-refractivity contribution in [2.75, 3.05) is 12.4 Å². The van der Waals surface area contributed by atoms with E-state index in [1.807, 2.05) is 52.5 Å². The SMILES string of the molecule is COc1ccc(NC(=O)/C=C/c2cccs2)cc1OCc1cn2ccccc2n1. The first-order valence-electron chi connectivity index (χ1n) is 8.97. The van der Waals surface area contributed by atoms with Gasteiger partial charge in [-0.1, -0.05) is 12.1 Å². The zero-order valence-electron chi connectivity index (χ0n) is 15.7. The summed E-state index contributed by atoms with van der Waals surface area (Å²) < 4.78 is 13.2. The fraction of sp³-hybridized carbons (Fsp3) is 0.0909. The van der Waals surface area contributed by atoms with Gasteiger partial charge in [-0.3, -0.25) is 4.79 Å².